The van der Waals surface area contributed by atoms with E-state index in [1.54, 1.807) is 18.2 Å². The molecule has 0 saturated carbocycles. The summed E-state index contributed by atoms with van der Waals surface area (Å²) < 4.78 is 0. The number of likely N-dealkylation sites (tertiary alicyclic amines) is 1. The molecule has 27 heavy (non-hydrogen) atoms. The molecule has 2 aliphatic rings. The van der Waals surface area contributed by atoms with Crippen LogP contribution in [-0.2, 0) is 14.4 Å². The summed E-state index contributed by atoms with van der Waals surface area (Å²) >= 11 is 0. The fourth-order valence-corrected chi connectivity index (χ4v) is 3.87. The van der Waals surface area contributed by atoms with Gasteiger partial charge >= 0.3 is 0 Å². The third-order valence-corrected chi connectivity index (χ3v) is 5.26. The van der Waals surface area contributed by atoms with Gasteiger partial charge in [-0.3, -0.25) is 19.3 Å². The molecule has 1 saturated heterocycles. The van der Waals surface area contributed by atoms with Gasteiger partial charge in [-0.25, -0.2) is 0 Å². The maximum Gasteiger partial charge on any atom is 0.247 e. The first-order valence-electron chi connectivity index (χ1n) is 9.42. The van der Waals surface area contributed by atoms with Crippen molar-refractivity contribution in [3.8, 4) is 5.75 Å². The Morgan fingerprint density at radius 1 is 1.19 bits per heavy atom. The highest BCUT2D eigenvalue weighted by atomic mass is 16.3. The molecule has 2 N–H and O–H groups in total. The molecule has 1 aromatic carbocycles. The molecule has 6 heteroatoms. The number of fused-ring (bicyclic) bond motifs is 1. The van der Waals surface area contributed by atoms with Crippen LogP contribution in [0.2, 0.25) is 0 Å². The normalized spacial score (nSPS) is 22.9. The van der Waals surface area contributed by atoms with Gasteiger partial charge in [-0.2, -0.15) is 0 Å². The van der Waals surface area contributed by atoms with Crippen molar-refractivity contribution in [1.29, 1.82) is 0 Å². The molecule has 3 rings (SSSR count). The minimum Gasteiger partial charge on any atom is -0.506 e. The molecule has 1 aliphatic heterocycles. The summed E-state index contributed by atoms with van der Waals surface area (Å²) in [6.07, 6.45) is 5.32. The Hall–Kier alpha value is -2.63. The minimum atomic E-state index is -0.878. The second-order valence-electron chi connectivity index (χ2n) is 7.86. The minimum absolute atomic E-state index is 0.0383. The highest BCUT2D eigenvalue weighted by molar-refractivity contribution is 6.10. The van der Waals surface area contributed by atoms with E-state index < -0.39 is 11.9 Å². The maximum atomic E-state index is 13.0. The first-order chi connectivity index (χ1) is 12.8. The van der Waals surface area contributed by atoms with Crippen LogP contribution in [0.5, 0.6) is 5.75 Å². The van der Waals surface area contributed by atoms with Crippen LogP contribution in [-0.4, -0.2) is 33.8 Å². The Bertz CT molecular complexity index is 773. The van der Waals surface area contributed by atoms with E-state index >= 15 is 0 Å². The molecule has 144 valence electrons. The Labute approximate surface area is 159 Å². The fourth-order valence-electron chi connectivity index (χ4n) is 3.87. The van der Waals surface area contributed by atoms with Crippen LogP contribution in [0.3, 0.4) is 0 Å². The Morgan fingerprint density at radius 2 is 1.78 bits per heavy atom. The van der Waals surface area contributed by atoms with Crippen molar-refractivity contribution >= 4 is 23.4 Å². The molecule has 0 aromatic heterocycles. The first-order valence-corrected chi connectivity index (χ1v) is 9.42. The van der Waals surface area contributed by atoms with Gasteiger partial charge in [-0.1, -0.05) is 32.1 Å². The van der Waals surface area contributed by atoms with Crippen molar-refractivity contribution in [1.82, 2.24) is 4.90 Å². The molecule has 3 atom stereocenters. The number of benzene rings is 1. The number of carbonyl (C=O) groups excluding carboxylic acids is 3. The number of carbonyl (C=O) groups is 3. The number of aryl methyl sites for hydroxylation is 1. The van der Waals surface area contributed by atoms with E-state index in [2.05, 4.69) is 5.32 Å². The van der Waals surface area contributed by atoms with Gasteiger partial charge in [-0.15, -0.1) is 0 Å². The van der Waals surface area contributed by atoms with Gasteiger partial charge in [0.05, 0.1) is 17.5 Å². The van der Waals surface area contributed by atoms with Gasteiger partial charge in [0.1, 0.15) is 11.8 Å². The molecule has 0 radical (unpaired) electrons. The van der Waals surface area contributed by atoms with Gasteiger partial charge in [0, 0.05) is 0 Å². The van der Waals surface area contributed by atoms with E-state index in [0.29, 0.717) is 19.3 Å². The Kier molecular flexibility index (Phi) is 5.35. The quantitative estimate of drug-likeness (QED) is 0.474. The number of anilines is 1. The second-order valence-corrected chi connectivity index (χ2v) is 7.86. The zero-order valence-corrected chi connectivity index (χ0v) is 15.9. The molecule has 3 amide bonds. The molecular formula is C21H26N2O4. The van der Waals surface area contributed by atoms with Crippen LogP contribution < -0.4 is 5.32 Å². The number of nitrogens with one attached hydrogen (secondary N) is 1. The number of rotatable bonds is 5. The van der Waals surface area contributed by atoms with E-state index in [4.69, 9.17) is 0 Å². The number of imide groups is 1. The average Bonchev–Trinajstić information content (AvgIpc) is 2.86. The highest BCUT2D eigenvalue weighted by Gasteiger charge is 2.51. The Balaban J connectivity index is 1.86. The number of hydrogen-bond acceptors (Lipinski definition) is 4. The standard InChI is InChI=1S/C21H26N2O4/c1-12(2)10-17(19(25)22-16-9-8-13(3)11-18(16)24)23-20(26)14-6-4-5-7-15(14)21(23)27/h4-5,8-9,11-12,14-15,17,24H,6-7,10H2,1-3H3,(H,22,25)/t14-,15-,17+/m1/s1. The third-order valence-electron chi connectivity index (χ3n) is 5.26. The summed E-state index contributed by atoms with van der Waals surface area (Å²) in [5.41, 5.74) is 1.14. The summed E-state index contributed by atoms with van der Waals surface area (Å²) in [5, 5.41) is 12.8. The summed E-state index contributed by atoms with van der Waals surface area (Å²) in [4.78, 5) is 39.9. The molecule has 1 heterocycles. The van der Waals surface area contributed by atoms with Crippen molar-refractivity contribution in [2.75, 3.05) is 5.32 Å². The van der Waals surface area contributed by atoms with Crippen molar-refractivity contribution in [2.24, 2.45) is 17.8 Å². The summed E-state index contributed by atoms with van der Waals surface area (Å²) in [6, 6.07) is 4.07. The van der Waals surface area contributed by atoms with E-state index in [1.807, 2.05) is 32.9 Å². The molecule has 0 bridgehead atoms. The third kappa shape index (κ3) is 3.75. The van der Waals surface area contributed by atoms with E-state index in [0.717, 1.165) is 5.56 Å². The predicted octanol–water partition coefficient (Wildman–Crippen LogP) is 3.01. The summed E-state index contributed by atoms with van der Waals surface area (Å²) in [5.74, 6) is -1.62. The van der Waals surface area contributed by atoms with Gasteiger partial charge in [-0.05, 0) is 49.8 Å². The smallest absolute Gasteiger partial charge is 0.247 e. The number of aromatic hydroxyl groups is 1. The number of nitrogens with zero attached hydrogens (tertiary/aromatic N) is 1. The molecular weight excluding hydrogens is 344 g/mol. The van der Waals surface area contributed by atoms with E-state index in [9.17, 15) is 19.5 Å². The lowest BCUT2D eigenvalue weighted by Crippen LogP contribution is -2.48. The van der Waals surface area contributed by atoms with Crippen molar-refractivity contribution in [3.05, 3.63) is 35.9 Å². The predicted molar refractivity (Wildman–Crippen MR) is 102 cm³/mol. The molecule has 1 aliphatic carbocycles. The SMILES string of the molecule is Cc1ccc(NC(=O)[C@H](CC(C)C)N2C(=O)[C@@H]3CC=CC[C@H]3C2=O)c(O)c1. The lowest BCUT2D eigenvalue weighted by Gasteiger charge is -2.27. The molecule has 0 unspecified atom stereocenters. The van der Waals surface area contributed by atoms with Crippen LogP contribution in [0.4, 0.5) is 5.69 Å². The summed E-state index contributed by atoms with van der Waals surface area (Å²) in [7, 11) is 0. The van der Waals surface area contributed by atoms with Gasteiger partial charge in [0.15, 0.2) is 0 Å². The van der Waals surface area contributed by atoms with Crippen LogP contribution in [0, 0.1) is 24.7 Å². The number of phenolic OH excluding ortho intramolecular Hbond substituents is 1. The topological polar surface area (TPSA) is 86.7 Å². The lowest BCUT2D eigenvalue weighted by atomic mass is 9.85. The number of allylic oxidation sites excluding steroid dienone is 2. The number of amides is 3. The fraction of sp³-hybridized carbons (Fsp3) is 0.476. The van der Waals surface area contributed by atoms with Crippen molar-refractivity contribution < 1.29 is 19.5 Å². The lowest BCUT2D eigenvalue weighted by molar-refractivity contribution is -0.147. The van der Waals surface area contributed by atoms with Crippen LogP contribution in [0.1, 0.15) is 38.7 Å². The first kappa shape index (κ1) is 19.1. The zero-order valence-electron chi connectivity index (χ0n) is 15.9. The van der Waals surface area contributed by atoms with Crippen molar-refractivity contribution in [3.63, 3.8) is 0 Å². The Morgan fingerprint density at radius 3 is 2.30 bits per heavy atom. The number of hydrogen-bond donors (Lipinski definition) is 2. The van der Waals surface area contributed by atoms with Gasteiger partial charge in [0.25, 0.3) is 0 Å². The average molecular weight is 370 g/mol. The van der Waals surface area contributed by atoms with Crippen LogP contribution in [0.15, 0.2) is 30.4 Å². The molecule has 0 spiro atoms. The van der Waals surface area contributed by atoms with Crippen LogP contribution in [0.25, 0.3) is 0 Å². The van der Waals surface area contributed by atoms with Gasteiger partial charge in [0.2, 0.25) is 17.7 Å². The maximum absolute atomic E-state index is 13.0. The zero-order chi connectivity index (χ0) is 19.7. The van der Waals surface area contributed by atoms with E-state index in [-0.39, 0.29) is 41.0 Å². The second kappa shape index (κ2) is 7.55. The molecule has 6 nitrogen and oxygen atoms in total. The van der Waals surface area contributed by atoms with Crippen LogP contribution >= 0.6 is 0 Å². The highest BCUT2D eigenvalue weighted by Crippen LogP contribution is 2.37. The molecule has 1 aromatic rings. The monoisotopic (exact) mass is 370 g/mol. The van der Waals surface area contributed by atoms with Crippen molar-refractivity contribution in [2.45, 2.75) is 46.1 Å². The largest absolute Gasteiger partial charge is 0.506 e. The molecule has 1 fully saturated rings. The summed E-state index contributed by atoms with van der Waals surface area (Å²) in [6.45, 7) is 5.73. The van der Waals surface area contributed by atoms with Gasteiger partial charge < -0.3 is 10.4 Å². The van der Waals surface area contributed by atoms with E-state index in [1.165, 1.54) is 4.90 Å². The number of phenols is 1.